The van der Waals surface area contributed by atoms with Gasteiger partial charge in [-0.3, -0.25) is 9.78 Å². The van der Waals surface area contributed by atoms with Gasteiger partial charge >= 0.3 is 6.01 Å². The molecule has 0 saturated heterocycles. The number of ether oxygens (including phenoxy) is 1. The molecule has 11 nitrogen and oxygen atoms in total. The Morgan fingerprint density at radius 2 is 1.85 bits per heavy atom. The summed E-state index contributed by atoms with van der Waals surface area (Å²) in [4.78, 5) is 25.5. The number of tetrazole rings is 1. The van der Waals surface area contributed by atoms with E-state index >= 15 is 0 Å². The van der Waals surface area contributed by atoms with Crippen molar-refractivity contribution in [2.75, 3.05) is 5.32 Å². The van der Waals surface area contributed by atoms with E-state index in [1.54, 1.807) is 36.0 Å². The van der Waals surface area contributed by atoms with Crippen LogP contribution in [0.2, 0.25) is 0 Å². The van der Waals surface area contributed by atoms with E-state index in [1.165, 1.54) is 4.68 Å². The summed E-state index contributed by atoms with van der Waals surface area (Å²) in [5.74, 6) is 0.709. The number of nitrogens with one attached hydrogen (secondary N) is 1. The predicted molar refractivity (Wildman–Crippen MR) is 119 cm³/mol. The van der Waals surface area contributed by atoms with Gasteiger partial charge in [-0.25, -0.2) is 14.2 Å². The van der Waals surface area contributed by atoms with Gasteiger partial charge in [-0.15, -0.1) is 0 Å². The van der Waals surface area contributed by atoms with E-state index < -0.39 is 0 Å². The van der Waals surface area contributed by atoms with Crippen LogP contribution in [0.1, 0.15) is 11.4 Å². The molecule has 0 radical (unpaired) electrons. The number of imidazole rings is 1. The van der Waals surface area contributed by atoms with Crippen molar-refractivity contribution in [1.82, 2.24) is 39.7 Å². The lowest BCUT2D eigenvalue weighted by Crippen LogP contribution is -2.16. The average Bonchev–Trinajstić information content (AvgIpc) is 3.41. The highest BCUT2D eigenvalue weighted by Crippen LogP contribution is 2.25. The topological polar surface area (TPSA) is 126 Å². The number of carbonyl (C=O) groups is 1. The van der Waals surface area contributed by atoms with Gasteiger partial charge in [0.2, 0.25) is 5.91 Å². The van der Waals surface area contributed by atoms with Gasteiger partial charge in [0.1, 0.15) is 12.4 Å². The van der Waals surface area contributed by atoms with E-state index in [0.717, 1.165) is 11.0 Å². The molecule has 0 saturated carbocycles. The zero-order chi connectivity index (χ0) is 22.6. The number of carbonyl (C=O) groups excluding carboxylic acids is 1. The second-order valence-corrected chi connectivity index (χ2v) is 7.17. The normalized spacial score (nSPS) is 10.9. The molecule has 0 bridgehead atoms. The largest absolute Gasteiger partial charge is 0.458 e. The molecule has 5 aromatic rings. The first-order chi connectivity index (χ1) is 16.2. The Kier molecular flexibility index (Phi) is 5.42. The summed E-state index contributed by atoms with van der Waals surface area (Å²) in [7, 11) is 1.74. The Labute approximate surface area is 188 Å². The standard InChI is InChI=1S/C22H19N9O2/c1-30-21(27-28-29-30)31-18-10-3-2-9-17(18)25-22(31)33-14-16-8-6-11-19(24-16)26-20(32)13-15-7-4-5-12-23-15/h2-12H,13-14H2,1H3,(H,24,26,32). The summed E-state index contributed by atoms with van der Waals surface area (Å²) in [6, 6.07) is 18.7. The maximum atomic E-state index is 12.3. The molecule has 4 aromatic heterocycles. The number of hydrogen-bond acceptors (Lipinski definition) is 8. The molecule has 0 unspecified atom stereocenters. The van der Waals surface area contributed by atoms with Crippen LogP contribution < -0.4 is 10.1 Å². The van der Waals surface area contributed by atoms with Crippen LogP contribution in [0.3, 0.4) is 0 Å². The first-order valence-corrected chi connectivity index (χ1v) is 10.2. The Hall–Kier alpha value is -4.67. The van der Waals surface area contributed by atoms with Gasteiger partial charge in [0, 0.05) is 18.9 Å². The van der Waals surface area contributed by atoms with Crippen LogP contribution in [0.15, 0.2) is 66.9 Å². The fourth-order valence-corrected chi connectivity index (χ4v) is 3.33. The fourth-order valence-electron chi connectivity index (χ4n) is 3.33. The van der Waals surface area contributed by atoms with Gasteiger partial charge in [-0.2, -0.15) is 4.98 Å². The van der Waals surface area contributed by atoms with Gasteiger partial charge in [-0.1, -0.05) is 29.4 Å². The monoisotopic (exact) mass is 441 g/mol. The minimum Gasteiger partial charge on any atom is -0.458 e. The first-order valence-electron chi connectivity index (χ1n) is 10.2. The first kappa shape index (κ1) is 20.2. The van der Waals surface area contributed by atoms with Crippen LogP contribution in [0.4, 0.5) is 5.82 Å². The number of benzene rings is 1. The highest BCUT2D eigenvalue weighted by molar-refractivity contribution is 5.91. The van der Waals surface area contributed by atoms with Crippen molar-refractivity contribution in [3.05, 3.63) is 78.2 Å². The van der Waals surface area contributed by atoms with Gasteiger partial charge in [-0.05, 0) is 46.8 Å². The molecule has 4 heterocycles. The van der Waals surface area contributed by atoms with Gasteiger partial charge in [0.25, 0.3) is 5.95 Å². The van der Waals surface area contributed by atoms with Crippen LogP contribution in [0.5, 0.6) is 6.01 Å². The third-order valence-electron chi connectivity index (χ3n) is 4.82. The fraction of sp³-hybridized carbons (Fsp3) is 0.136. The van der Waals surface area contributed by atoms with Crippen molar-refractivity contribution >= 4 is 22.8 Å². The number of fused-ring (bicyclic) bond motifs is 1. The predicted octanol–water partition coefficient (Wildman–Crippen LogP) is 2.10. The zero-order valence-electron chi connectivity index (χ0n) is 17.7. The van der Waals surface area contributed by atoms with Crippen molar-refractivity contribution in [2.24, 2.45) is 7.05 Å². The van der Waals surface area contributed by atoms with Crippen LogP contribution in [-0.2, 0) is 24.9 Å². The summed E-state index contributed by atoms with van der Waals surface area (Å²) in [6.45, 7) is 0.137. The van der Waals surface area contributed by atoms with E-state index in [2.05, 4.69) is 35.8 Å². The maximum absolute atomic E-state index is 12.3. The molecule has 164 valence electrons. The number of anilines is 1. The number of aryl methyl sites for hydroxylation is 1. The number of para-hydroxylation sites is 2. The highest BCUT2D eigenvalue weighted by atomic mass is 16.5. The third kappa shape index (κ3) is 4.37. The van der Waals surface area contributed by atoms with E-state index in [0.29, 0.717) is 29.2 Å². The Morgan fingerprint density at radius 3 is 2.67 bits per heavy atom. The number of nitrogens with zero attached hydrogens (tertiary/aromatic N) is 8. The molecule has 0 aliphatic rings. The Bertz CT molecular complexity index is 1410. The molecule has 0 aliphatic heterocycles. The van der Waals surface area contributed by atoms with E-state index in [9.17, 15) is 4.79 Å². The van der Waals surface area contributed by atoms with Crippen LogP contribution in [-0.4, -0.2) is 45.6 Å². The highest BCUT2D eigenvalue weighted by Gasteiger charge is 2.18. The van der Waals surface area contributed by atoms with Crippen LogP contribution >= 0.6 is 0 Å². The zero-order valence-corrected chi connectivity index (χ0v) is 17.7. The SMILES string of the molecule is Cn1nnnc1-n1c(OCc2cccc(NC(=O)Cc3ccccn3)n2)nc2ccccc21. The summed E-state index contributed by atoms with van der Waals surface area (Å²) in [6.07, 6.45) is 1.82. The van der Waals surface area contributed by atoms with Gasteiger partial charge in [0.15, 0.2) is 0 Å². The summed E-state index contributed by atoms with van der Waals surface area (Å²) in [5.41, 5.74) is 2.87. The van der Waals surface area contributed by atoms with Crippen molar-refractivity contribution in [1.29, 1.82) is 0 Å². The lowest BCUT2D eigenvalue weighted by molar-refractivity contribution is -0.115. The number of rotatable bonds is 7. The molecule has 1 aromatic carbocycles. The second kappa shape index (κ2) is 8.83. The summed E-state index contributed by atoms with van der Waals surface area (Å²) in [5, 5.41) is 14.5. The quantitative estimate of drug-likeness (QED) is 0.407. The molecule has 0 aliphatic carbocycles. The molecule has 0 fully saturated rings. The minimum absolute atomic E-state index is 0.137. The van der Waals surface area contributed by atoms with Gasteiger partial charge < -0.3 is 10.1 Å². The van der Waals surface area contributed by atoms with Crippen molar-refractivity contribution in [3.8, 4) is 12.0 Å². The van der Waals surface area contributed by atoms with Crippen LogP contribution in [0.25, 0.3) is 17.0 Å². The molecule has 0 spiro atoms. The Balaban J connectivity index is 1.33. The molecule has 11 heteroatoms. The minimum atomic E-state index is -0.198. The average molecular weight is 441 g/mol. The second-order valence-electron chi connectivity index (χ2n) is 7.17. The van der Waals surface area contributed by atoms with Crippen molar-refractivity contribution < 1.29 is 9.53 Å². The van der Waals surface area contributed by atoms with E-state index in [4.69, 9.17) is 4.74 Å². The Morgan fingerprint density at radius 1 is 1.00 bits per heavy atom. The maximum Gasteiger partial charge on any atom is 0.305 e. The van der Waals surface area contributed by atoms with Crippen molar-refractivity contribution in [2.45, 2.75) is 13.0 Å². The van der Waals surface area contributed by atoms with Crippen LogP contribution in [0, 0.1) is 0 Å². The molecular formula is C22H19N9O2. The van der Waals surface area contributed by atoms with E-state index in [-0.39, 0.29) is 18.9 Å². The molecule has 1 N–H and O–H groups in total. The number of pyridine rings is 2. The number of aromatic nitrogens is 8. The molecule has 5 rings (SSSR count). The number of amides is 1. The van der Waals surface area contributed by atoms with Gasteiger partial charge in [0.05, 0.1) is 23.1 Å². The lowest BCUT2D eigenvalue weighted by Gasteiger charge is -2.09. The molecule has 0 atom stereocenters. The third-order valence-corrected chi connectivity index (χ3v) is 4.82. The molecule has 33 heavy (non-hydrogen) atoms. The molecule has 1 amide bonds. The number of hydrogen-bond donors (Lipinski definition) is 1. The molecular weight excluding hydrogens is 422 g/mol. The smallest absolute Gasteiger partial charge is 0.305 e. The summed E-state index contributed by atoms with van der Waals surface area (Å²) < 4.78 is 9.28. The van der Waals surface area contributed by atoms with Crippen molar-refractivity contribution in [3.63, 3.8) is 0 Å². The van der Waals surface area contributed by atoms with E-state index in [1.807, 2.05) is 42.5 Å². The summed E-state index contributed by atoms with van der Waals surface area (Å²) >= 11 is 0. The lowest BCUT2D eigenvalue weighted by atomic mass is 10.2.